The highest BCUT2D eigenvalue weighted by Gasteiger charge is 2.30. The summed E-state index contributed by atoms with van der Waals surface area (Å²) in [6, 6.07) is 6.17. The maximum absolute atomic E-state index is 5.96. The van der Waals surface area contributed by atoms with E-state index < -0.39 is 0 Å². The van der Waals surface area contributed by atoms with E-state index in [0.717, 1.165) is 24.3 Å². The van der Waals surface area contributed by atoms with Crippen molar-refractivity contribution in [3.05, 3.63) is 35.9 Å². The lowest BCUT2D eigenvalue weighted by atomic mass is 9.92. The Morgan fingerprint density at radius 2 is 2.05 bits per heavy atom. The molecule has 0 bridgehead atoms. The molecule has 0 fully saturated rings. The zero-order valence-corrected chi connectivity index (χ0v) is 14.2. The Kier molecular flexibility index (Phi) is 4.36. The van der Waals surface area contributed by atoms with E-state index in [9.17, 15) is 0 Å². The Hall–Kier alpha value is -1.44. The summed E-state index contributed by atoms with van der Waals surface area (Å²) in [5.41, 5.74) is 1.49. The smallest absolute Gasteiger partial charge is 0.127 e. The Labute approximate surface area is 129 Å². The fraction of sp³-hybridized carbons (Fsp3) is 0.579. The quantitative estimate of drug-likeness (QED) is 0.712. The second-order valence-corrected chi connectivity index (χ2v) is 7.82. The summed E-state index contributed by atoms with van der Waals surface area (Å²) in [6.07, 6.45) is 6.42. The van der Waals surface area contributed by atoms with E-state index in [4.69, 9.17) is 9.47 Å². The maximum atomic E-state index is 5.96. The van der Waals surface area contributed by atoms with Gasteiger partial charge in [0, 0.05) is 12.5 Å². The molecule has 0 radical (unpaired) electrons. The first-order chi connectivity index (χ1) is 9.65. The SMILES string of the molecule is CC(C=CCC(C)(C)C)Oc1ccc2c(c1)OC(C)(C)C2. The van der Waals surface area contributed by atoms with Crippen molar-refractivity contribution < 1.29 is 9.47 Å². The first-order valence-corrected chi connectivity index (χ1v) is 7.80. The molecule has 1 atom stereocenters. The van der Waals surface area contributed by atoms with Gasteiger partial charge in [-0.3, -0.25) is 0 Å². The van der Waals surface area contributed by atoms with E-state index in [-0.39, 0.29) is 11.7 Å². The molecule has 1 aromatic carbocycles. The monoisotopic (exact) mass is 288 g/mol. The van der Waals surface area contributed by atoms with Crippen LogP contribution in [0, 0.1) is 5.41 Å². The molecule has 0 aromatic heterocycles. The fourth-order valence-corrected chi connectivity index (χ4v) is 2.51. The predicted molar refractivity (Wildman–Crippen MR) is 88.2 cm³/mol. The number of rotatable bonds is 4. The van der Waals surface area contributed by atoms with Crippen molar-refractivity contribution in [1.82, 2.24) is 0 Å². The summed E-state index contributed by atoms with van der Waals surface area (Å²) < 4.78 is 11.9. The van der Waals surface area contributed by atoms with Crippen LogP contribution < -0.4 is 9.47 Å². The average molecular weight is 288 g/mol. The minimum absolute atomic E-state index is 0.0693. The molecule has 116 valence electrons. The molecule has 0 amide bonds. The van der Waals surface area contributed by atoms with Crippen LogP contribution in [0.5, 0.6) is 11.5 Å². The van der Waals surface area contributed by atoms with E-state index >= 15 is 0 Å². The van der Waals surface area contributed by atoms with Crippen molar-refractivity contribution in [1.29, 1.82) is 0 Å². The van der Waals surface area contributed by atoms with E-state index in [0.29, 0.717) is 5.41 Å². The van der Waals surface area contributed by atoms with Crippen LogP contribution in [0.3, 0.4) is 0 Å². The molecule has 0 aliphatic carbocycles. The number of allylic oxidation sites excluding steroid dienone is 1. The van der Waals surface area contributed by atoms with Crippen LogP contribution in [-0.2, 0) is 6.42 Å². The molecule has 0 saturated heterocycles. The molecule has 1 heterocycles. The number of hydrogen-bond acceptors (Lipinski definition) is 2. The van der Waals surface area contributed by atoms with Gasteiger partial charge in [0.15, 0.2) is 0 Å². The first kappa shape index (κ1) is 15.9. The lowest BCUT2D eigenvalue weighted by Gasteiger charge is -2.17. The van der Waals surface area contributed by atoms with Crippen LogP contribution in [0.15, 0.2) is 30.4 Å². The summed E-state index contributed by atoms with van der Waals surface area (Å²) in [5, 5.41) is 0. The van der Waals surface area contributed by atoms with Crippen LogP contribution in [0.1, 0.15) is 53.5 Å². The summed E-state index contributed by atoms with van der Waals surface area (Å²) in [6.45, 7) is 13.0. The van der Waals surface area contributed by atoms with Gasteiger partial charge in [0.2, 0.25) is 0 Å². The summed E-state index contributed by atoms with van der Waals surface area (Å²) in [7, 11) is 0. The van der Waals surface area contributed by atoms with Crippen molar-refractivity contribution in [3.8, 4) is 11.5 Å². The largest absolute Gasteiger partial charge is 0.487 e. The standard InChI is InChI=1S/C19H28O2/c1-14(8-7-11-18(2,3)4)20-16-10-9-15-13-19(5,6)21-17(15)12-16/h7-10,12,14H,11,13H2,1-6H3. The minimum atomic E-state index is -0.0980. The highest BCUT2D eigenvalue weighted by molar-refractivity contribution is 5.44. The van der Waals surface area contributed by atoms with Gasteiger partial charge in [-0.1, -0.05) is 32.9 Å². The highest BCUT2D eigenvalue weighted by atomic mass is 16.5. The number of benzene rings is 1. The number of ether oxygens (including phenoxy) is 2. The van der Waals surface area contributed by atoms with Crippen LogP contribution in [0.25, 0.3) is 0 Å². The third kappa shape index (κ3) is 4.80. The molecule has 2 rings (SSSR count). The molecule has 2 heteroatoms. The normalized spacial score (nSPS) is 18.4. The second kappa shape index (κ2) is 5.75. The molecular weight excluding hydrogens is 260 g/mol. The van der Waals surface area contributed by atoms with E-state index in [1.165, 1.54) is 5.56 Å². The second-order valence-electron chi connectivity index (χ2n) is 7.82. The molecule has 0 spiro atoms. The van der Waals surface area contributed by atoms with Gasteiger partial charge in [0.05, 0.1) is 0 Å². The van der Waals surface area contributed by atoms with Crippen molar-refractivity contribution in [2.24, 2.45) is 5.41 Å². The van der Waals surface area contributed by atoms with Crippen molar-refractivity contribution in [2.75, 3.05) is 0 Å². The lowest BCUT2D eigenvalue weighted by molar-refractivity contribution is 0.138. The average Bonchev–Trinajstić information content (AvgIpc) is 2.60. The summed E-state index contributed by atoms with van der Waals surface area (Å²) in [4.78, 5) is 0. The summed E-state index contributed by atoms with van der Waals surface area (Å²) >= 11 is 0. The summed E-state index contributed by atoms with van der Waals surface area (Å²) in [5.74, 6) is 1.84. The van der Waals surface area contributed by atoms with E-state index in [1.54, 1.807) is 0 Å². The zero-order chi connectivity index (χ0) is 15.7. The number of fused-ring (bicyclic) bond motifs is 1. The highest BCUT2D eigenvalue weighted by Crippen LogP contribution is 2.37. The maximum Gasteiger partial charge on any atom is 0.127 e. The molecule has 21 heavy (non-hydrogen) atoms. The molecule has 1 aliphatic heterocycles. The number of hydrogen-bond donors (Lipinski definition) is 0. The van der Waals surface area contributed by atoms with Crippen LogP contribution >= 0.6 is 0 Å². The molecule has 1 unspecified atom stereocenters. The van der Waals surface area contributed by atoms with Crippen molar-refractivity contribution >= 4 is 0 Å². The predicted octanol–water partition coefficient (Wildman–Crippen LogP) is 5.16. The Morgan fingerprint density at radius 3 is 2.71 bits per heavy atom. The third-order valence-corrected chi connectivity index (χ3v) is 3.50. The van der Waals surface area contributed by atoms with Gasteiger partial charge in [-0.15, -0.1) is 0 Å². The van der Waals surface area contributed by atoms with Crippen LogP contribution in [-0.4, -0.2) is 11.7 Å². The van der Waals surface area contributed by atoms with Crippen LogP contribution in [0.2, 0.25) is 0 Å². The van der Waals surface area contributed by atoms with Crippen LogP contribution in [0.4, 0.5) is 0 Å². The fourth-order valence-electron chi connectivity index (χ4n) is 2.51. The molecule has 2 nitrogen and oxygen atoms in total. The van der Waals surface area contributed by atoms with Gasteiger partial charge in [-0.05, 0) is 50.3 Å². The minimum Gasteiger partial charge on any atom is -0.487 e. The Bertz CT molecular complexity index is 521. The van der Waals surface area contributed by atoms with Gasteiger partial charge in [0.1, 0.15) is 23.2 Å². The molecule has 0 saturated carbocycles. The van der Waals surface area contributed by atoms with E-state index in [1.807, 2.05) is 12.1 Å². The topological polar surface area (TPSA) is 18.5 Å². The molecule has 1 aromatic rings. The zero-order valence-electron chi connectivity index (χ0n) is 14.2. The van der Waals surface area contributed by atoms with Gasteiger partial charge in [-0.25, -0.2) is 0 Å². The van der Waals surface area contributed by atoms with Gasteiger partial charge >= 0.3 is 0 Å². The first-order valence-electron chi connectivity index (χ1n) is 7.80. The Balaban J connectivity index is 1.96. The van der Waals surface area contributed by atoms with Gasteiger partial charge in [-0.2, -0.15) is 0 Å². The lowest BCUT2D eigenvalue weighted by Crippen LogP contribution is -2.24. The van der Waals surface area contributed by atoms with Crippen molar-refractivity contribution in [2.45, 2.75) is 66.1 Å². The Morgan fingerprint density at radius 1 is 1.33 bits per heavy atom. The molecule has 0 N–H and O–H groups in total. The molecular formula is C19H28O2. The van der Waals surface area contributed by atoms with Gasteiger partial charge < -0.3 is 9.47 Å². The third-order valence-electron chi connectivity index (χ3n) is 3.50. The van der Waals surface area contributed by atoms with Gasteiger partial charge in [0.25, 0.3) is 0 Å². The van der Waals surface area contributed by atoms with E-state index in [2.05, 4.69) is 59.8 Å². The van der Waals surface area contributed by atoms with Crippen molar-refractivity contribution in [3.63, 3.8) is 0 Å². The molecule has 1 aliphatic rings.